The number of hydrogen-bond donors (Lipinski definition) is 3. The molecule has 1 aromatic heterocycles. The number of furan rings is 1. The van der Waals surface area contributed by atoms with Crippen LogP contribution < -0.4 is 5.73 Å². The number of rotatable bonds is 3. The summed E-state index contributed by atoms with van der Waals surface area (Å²) in [5.41, 5.74) is 5.74. The van der Waals surface area contributed by atoms with E-state index in [-0.39, 0.29) is 23.8 Å². The van der Waals surface area contributed by atoms with Gasteiger partial charge in [0.25, 0.3) is 0 Å². The third-order valence-electron chi connectivity index (χ3n) is 2.36. The normalized spacial score (nSPS) is 14.1. The molecule has 1 atom stereocenters. The van der Waals surface area contributed by atoms with Crippen molar-refractivity contribution in [2.45, 2.75) is 12.5 Å². The zero-order valence-electron chi connectivity index (χ0n) is 8.80. The SMILES string of the molecule is NC(C[C@H](O)c1cc2cc(F)ccc2o1)=NO. The van der Waals surface area contributed by atoms with Crippen molar-refractivity contribution in [1.82, 2.24) is 0 Å². The van der Waals surface area contributed by atoms with E-state index in [4.69, 9.17) is 15.4 Å². The van der Waals surface area contributed by atoms with Gasteiger partial charge in [0.15, 0.2) is 0 Å². The largest absolute Gasteiger partial charge is 0.458 e. The minimum atomic E-state index is -1.03. The maximum absolute atomic E-state index is 12.9. The van der Waals surface area contributed by atoms with Crippen LogP contribution in [0.3, 0.4) is 0 Å². The first-order chi connectivity index (χ1) is 8.10. The first-order valence-electron chi connectivity index (χ1n) is 4.93. The number of benzene rings is 1. The van der Waals surface area contributed by atoms with Gasteiger partial charge in [0.2, 0.25) is 0 Å². The second-order valence-corrected chi connectivity index (χ2v) is 3.64. The lowest BCUT2D eigenvalue weighted by atomic mass is 10.1. The Morgan fingerprint density at radius 1 is 1.47 bits per heavy atom. The van der Waals surface area contributed by atoms with Crippen molar-refractivity contribution in [2.75, 3.05) is 0 Å². The summed E-state index contributed by atoms with van der Waals surface area (Å²) >= 11 is 0. The van der Waals surface area contributed by atoms with Crippen molar-refractivity contribution in [3.8, 4) is 0 Å². The van der Waals surface area contributed by atoms with Crippen molar-refractivity contribution in [3.63, 3.8) is 0 Å². The Labute approximate surface area is 95.9 Å². The number of aliphatic hydroxyl groups excluding tert-OH is 1. The quantitative estimate of drug-likeness (QED) is 0.328. The average molecular weight is 238 g/mol. The smallest absolute Gasteiger partial charge is 0.142 e. The zero-order valence-corrected chi connectivity index (χ0v) is 8.80. The number of nitrogens with two attached hydrogens (primary N) is 1. The van der Waals surface area contributed by atoms with Gasteiger partial charge < -0.3 is 20.5 Å². The fourth-order valence-electron chi connectivity index (χ4n) is 1.54. The molecule has 0 fully saturated rings. The Morgan fingerprint density at radius 2 is 2.24 bits per heavy atom. The fraction of sp³-hybridized carbons (Fsp3) is 0.182. The van der Waals surface area contributed by atoms with Gasteiger partial charge in [0, 0.05) is 11.8 Å². The van der Waals surface area contributed by atoms with E-state index < -0.39 is 6.10 Å². The van der Waals surface area contributed by atoms with E-state index in [9.17, 15) is 9.50 Å². The number of amidine groups is 1. The van der Waals surface area contributed by atoms with Gasteiger partial charge >= 0.3 is 0 Å². The summed E-state index contributed by atoms with van der Waals surface area (Å²) in [4.78, 5) is 0. The third kappa shape index (κ3) is 2.36. The van der Waals surface area contributed by atoms with E-state index >= 15 is 0 Å². The highest BCUT2D eigenvalue weighted by Gasteiger charge is 2.15. The van der Waals surface area contributed by atoms with Crippen LogP contribution in [-0.2, 0) is 0 Å². The first kappa shape index (κ1) is 11.4. The molecule has 1 aromatic carbocycles. The average Bonchev–Trinajstić information content (AvgIpc) is 2.71. The lowest BCUT2D eigenvalue weighted by Crippen LogP contribution is -2.15. The molecule has 0 saturated carbocycles. The molecule has 2 rings (SSSR count). The molecule has 0 aliphatic rings. The van der Waals surface area contributed by atoms with Crippen LogP contribution >= 0.6 is 0 Å². The summed E-state index contributed by atoms with van der Waals surface area (Å²) in [6, 6.07) is 5.57. The monoisotopic (exact) mass is 238 g/mol. The van der Waals surface area contributed by atoms with Gasteiger partial charge in [-0.05, 0) is 24.3 Å². The summed E-state index contributed by atoms with van der Waals surface area (Å²) in [6.07, 6.45) is -1.08. The molecule has 6 heteroatoms. The molecule has 17 heavy (non-hydrogen) atoms. The Kier molecular flexibility index (Phi) is 2.97. The van der Waals surface area contributed by atoms with Gasteiger partial charge in [-0.3, -0.25) is 0 Å². The highest BCUT2D eigenvalue weighted by Crippen LogP contribution is 2.26. The maximum atomic E-state index is 12.9. The van der Waals surface area contributed by atoms with Gasteiger partial charge in [0.1, 0.15) is 29.1 Å². The molecule has 90 valence electrons. The number of nitrogens with zero attached hydrogens (tertiary/aromatic N) is 1. The Hall–Kier alpha value is -2.08. The molecule has 5 nitrogen and oxygen atoms in total. The van der Waals surface area contributed by atoms with Gasteiger partial charge in [0.05, 0.1) is 0 Å². The molecule has 0 unspecified atom stereocenters. The summed E-state index contributed by atoms with van der Waals surface area (Å²) in [5, 5.41) is 21.4. The molecule has 0 amide bonds. The highest BCUT2D eigenvalue weighted by atomic mass is 19.1. The summed E-state index contributed by atoms with van der Waals surface area (Å²) in [7, 11) is 0. The molecule has 1 heterocycles. The highest BCUT2D eigenvalue weighted by molar-refractivity contribution is 5.81. The summed E-state index contributed by atoms with van der Waals surface area (Å²) < 4.78 is 18.3. The molecule has 0 aliphatic carbocycles. The van der Waals surface area contributed by atoms with Gasteiger partial charge in [-0.2, -0.15) is 0 Å². The predicted molar refractivity (Wildman–Crippen MR) is 59.2 cm³/mol. The van der Waals surface area contributed by atoms with Crippen LogP contribution in [0.25, 0.3) is 11.0 Å². The maximum Gasteiger partial charge on any atom is 0.142 e. The fourth-order valence-corrected chi connectivity index (χ4v) is 1.54. The third-order valence-corrected chi connectivity index (χ3v) is 2.36. The van der Waals surface area contributed by atoms with E-state index in [2.05, 4.69) is 5.16 Å². The standard InChI is InChI=1S/C11H11FN2O3/c12-7-1-2-9-6(3-7)4-10(17-9)8(15)5-11(13)14-16/h1-4,8,15-16H,5H2,(H2,13,14)/t8-/m0/s1. The van der Waals surface area contributed by atoms with E-state index in [1.165, 1.54) is 24.3 Å². The lowest BCUT2D eigenvalue weighted by molar-refractivity contribution is 0.158. The second kappa shape index (κ2) is 4.42. The van der Waals surface area contributed by atoms with E-state index in [1.54, 1.807) is 0 Å². The second-order valence-electron chi connectivity index (χ2n) is 3.64. The van der Waals surface area contributed by atoms with Crippen molar-refractivity contribution >= 4 is 16.8 Å². The number of halogens is 1. The van der Waals surface area contributed by atoms with Crippen LogP contribution in [-0.4, -0.2) is 16.1 Å². The number of aliphatic hydroxyl groups is 1. The van der Waals surface area contributed by atoms with Crippen LogP contribution in [0.5, 0.6) is 0 Å². The number of fused-ring (bicyclic) bond motifs is 1. The van der Waals surface area contributed by atoms with E-state index in [0.29, 0.717) is 11.0 Å². The topological polar surface area (TPSA) is 92.0 Å². The molecule has 0 spiro atoms. The lowest BCUT2D eigenvalue weighted by Gasteiger charge is -2.04. The summed E-state index contributed by atoms with van der Waals surface area (Å²) in [5.74, 6) is -0.239. The summed E-state index contributed by atoms with van der Waals surface area (Å²) in [6.45, 7) is 0. The molecule has 2 aromatic rings. The van der Waals surface area contributed by atoms with E-state index in [0.717, 1.165) is 0 Å². The molecule has 4 N–H and O–H groups in total. The molecule has 0 radical (unpaired) electrons. The molecule has 0 bridgehead atoms. The minimum Gasteiger partial charge on any atom is -0.458 e. The van der Waals surface area contributed by atoms with Crippen molar-refractivity contribution in [1.29, 1.82) is 0 Å². The number of oxime groups is 1. The Balaban J connectivity index is 2.30. The first-order valence-corrected chi connectivity index (χ1v) is 4.93. The molecule has 0 aliphatic heterocycles. The predicted octanol–water partition coefficient (Wildman–Crippen LogP) is 1.74. The minimum absolute atomic E-state index is 0.0567. The van der Waals surface area contributed by atoms with Gasteiger partial charge in [-0.1, -0.05) is 5.16 Å². The van der Waals surface area contributed by atoms with Crippen molar-refractivity contribution in [2.24, 2.45) is 10.9 Å². The van der Waals surface area contributed by atoms with Crippen LogP contribution in [0, 0.1) is 5.82 Å². The molecule has 0 saturated heterocycles. The van der Waals surface area contributed by atoms with Crippen LogP contribution in [0.2, 0.25) is 0 Å². The number of hydrogen-bond acceptors (Lipinski definition) is 4. The molecular weight excluding hydrogens is 227 g/mol. The van der Waals surface area contributed by atoms with Crippen LogP contribution in [0.15, 0.2) is 33.8 Å². The van der Waals surface area contributed by atoms with E-state index in [1.807, 2.05) is 0 Å². The zero-order chi connectivity index (χ0) is 12.4. The van der Waals surface area contributed by atoms with Gasteiger partial charge in [-0.15, -0.1) is 0 Å². The Morgan fingerprint density at radius 3 is 2.94 bits per heavy atom. The van der Waals surface area contributed by atoms with Crippen molar-refractivity contribution < 1.29 is 19.1 Å². The molecular formula is C11H11FN2O3. The van der Waals surface area contributed by atoms with Crippen LogP contribution in [0.1, 0.15) is 18.3 Å². The van der Waals surface area contributed by atoms with Crippen molar-refractivity contribution in [3.05, 3.63) is 35.8 Å². The van der Waals surface area contributed by atoms with Crippen LogP contribution in [0.4, 0.5) is 4.39 Å². The Bertz CT molecular complexity index is 565. The van der Waals surface area contributed by atoms with Gasteiger partial charge in [-0.25, -0.2) is 4.39 Å².